The van der Waals surface area contributed by atoms with E-state index in [9.17, 15) is 0 Å². The highest BCUT2D eigenvalue weighted by atomic mass is 32.1. The molecular formula is C14H15N5S. The SMILES string of the molecule is CCn1nc(Cn2ccnc2C(N)=S)c2ccccc21. The zero-order chi connectivity index (χ0) is 14.1. The van der Waals surface area contributed by atoms with Crippen LogP contribution < -0.4 is 5.73 Å². The largest absolute Gasteiger partial charge is 0.387 e. The predicted molar refractivity (Wildman–Crippen MR) is 82.6 cm³/mol. The van der Waals surface area contributed by atoms with Gasteiger partial charge >= 0.3 is 0 Å². The first-order valence-electron chi connectivity index (χ1n) is 6.46. The van der Waals surface area contributed by atoms with Gasteiger partial charge in [-0.2, -0.15) is 5.10 Å². The van der Waals surface area contributed by atoms with Crippen molar-refractivity contribution < 1.29 is 0 Å². The summed E-state index contributed by atoms with van der Waals surface area (Å²) < 4.78 is 3.93. The van der Waals surface area contributed by atoms with Gasteiger partial charge in [0.05, 0.1) is 17.8 Å². The summed E-state index contributed by atoms with van der Waals surface area (Å²) in [5, 5.41) is 5.82. The van der Waals surface area contributed by atoms with E-state index in [4.69, 9.17) is 18.0 Å². The van der Waals surface area contributed by atoms with Crippen LogP contribution in [0.15, 0.2) is 36.7 Å². The van der Waals surface area contributed by atoms with Gasteiger partial charge in [-0.3, -0.25) is 4.68 Å². The number of hydrogen-bond acceptors (Lipinski definition) is 3. The molecule has 0 saturated carbocycles. The number of nitrogens with two attached hydrogens (primary N) is 1. The maximum Gasteiger partial charge on any atom is 0.167 e. The molecule has 1 aromatic carbocycles. The normalized spacial score (nSPS) is 11.1. The minimum atomic E-state index is 0.300. The molecule has 20 heavy (non-hydrogen) atoms. The summed E-state index contributed by atoms with van der Waals surface area (Å²) >= 11 is 5.01. The Hall–Kier alpha value is -2.21. The van der Waals surface area contributed by atoms with E-state index in [0.29, 0.717) is 17.4 Å². The van der Waals surface area contributed by atoms with Crippen molar-refractivity contribution in [2.75, 3.05) is 0 Å². The minimum absolute atomic E-state index is 0.300. The maximum absolute atomic E-state index is 5.68. The van der Waals surface area contributed by atoms with Crippen molar-refractivity contribution in [1.29, 1.82) is 0 Å². The molecule has 0 aliphatic carbocycles. The average molecular weight is 285 g/mol. The second-order valence-electron chi connectivity index (χ2n) is 4.52. The molecule has 0 radical (unpaired) electrons. The van der Waals surface area contributed by atoms with Crippen LogP contribution in [0.2, 0.25) is 0 Å². The molecule has 0 amide bonds. The third-order valence-electron chi connectivity index (χ3n) is 3.29. The van der Waals surface area contributed by atoms with Crippen molar-refractivity contribution in [3.8, 4) is 0 Å². The van der Waals surface area contributed by atoms with Gasteiger partial charge < -0.3 is 10.3 Å². The van der Waals surface area contributed by atoms with E-state index in [1.165, 1.54) is 0 Å². The number of rotatable bonds is 4. The van der Waals surface area contributed by atoms with Crippen LogP contribution in [0.25, 0.3) is 10.9 Å². The molecule has 3 aromatic rings. The lowest BCUT2D eigenvalue weighted by Crippen LogP contribution is -2.17. The number of imidazole rings is 1. The van der Waals surface area contributed by atoms with Gasteiger partial charge in [-0.15, -0.1) is 0 Å². The number of para-hydroxylation sites is 1. The lowest BCUT2D eigenvalue weighted by atomic mass is 10.2. The predicted octanol–water partition coefficient (Wildman–Crippen LogP) is 1.94. The summed E-state index contributed by atoms with van der Waals surface area (Å²) in [5.41, 5.74) is 7.82. The molecule has 0 unspecified atom stereocenters. The Labute approximate surface area is 122 Å². The molecule has 2 N–H and O–H groups in total. The van der Waals surface area contributed by atoms with Crippen LogP contribution in [-0.4, -0.2) is 24.3 Å². The quantitative estimate of drug-likeness (QED) is 0.744. The van der Waals surface area contributed by atoms with Gasteiger partial charge in [0, 0.05) is 24.3 Å². The van der Waals surface area contributed by atoms with Gasteiger partial charge in [0.15, 0.2) is 5.82 Å². The number of hydrogen-bond donors (Lipinski definition) is 1. The van der Waals surface area contributed by atoms with E-state index in [2.05, 4.69) is 29.1 Å². The first kappa shape index (κ1) is 12.8. The molecule has 0 bridgehead atoms. The van der Waals surface area contributed by atoms with Crippen LogP contribution >= 0.6 is 12.2 Å². The molecule has 0 aliphatic heterocycles. The second-order valence-corrected chi connectivity index (χ2v) is 4.96. The second kappa shape index (κ2) is 5.05. The van der Waals surface area contributed by atoms with E-state index < -0.39 is 0 Å². The Bertz CT molecular complexity index is 771. The summed E-state index contributed by atoms with van der Waals surface area (Å²) in [4.78, 5) is 4.48. The number of fused-ring (bicyclic) bond motifs is 1. The van der Waals surface area contributed by atoms with E-state index in [-0.39, 0.29) is 0 Å². The molecule has 2 aromatic heterocycles. The molecule has 6 heteroatoms. The monoisotopic (exact) mass is 285 g/mol. The van der Waals surface area contributed by atoms with Crippen LogP contribution in [0, 0.1) is 0 Å². The summed E-state index contributed by atoms with van der Waals surface area (Å²) in [7, 11) is 0. The fourth-order valence-corrected chi connectivity index (χ4v) is 2.55. The molecule has 0 saturated heterocycles. The number of nitrogens with zero attached hydrogens (tertiary/aromatic N) is 4. The van der Waals surface area contributed by atoms with Gasteiger partial charge in [-0.05, 0) is 13.0 Å². The van der Waals surface area contributed by atoms with Gasteiger partial charge in [0.1, 0.15) is 4.99 Å². The van der Waals surface area contributed by atoms with Crippen LogP contribution in [0.1, 0.15) is 18.4 Å². The van der Waals surface area contributed by atoms with Crippen LogP contribution in [0.3, 0.4) is 0 Å². The molecule has 5 nitrogen and oxygen atoms in total. The van der Waals surface area contributed by atoms with Crippen molar-refractivity contribution in [3.05, 3.63) is 48.2 Å². The molecule has 0 atom stereocenters. The summed E-state index contributed by atoms with van der Waals surface area (Å²) in [5.74, 6) is 0.620. The standard InChI is InChI=1S/C14H15N5S/c1-2-19-12-6-4-3-5-10(12)11(17-19)9-18-8-7-16-14(18)13(15)20/h3-8H,2,9H2,1H3,(H2,15,20). The van der Waals surface area contributed by atoms with Gasteiger partial charge in [0.25, 0.3) is 0 Å². The highest BCUT2D eigenvalue weighted by Crippen LogP contribution is 2.19. The fourth-order valence-electron chi connectivity index (χ4n) is 2.38. The summed E-state index contributed by atoms with van der Waals surface area (Å²) in [6.45, 7) is 3.54. The van der Waals surface area contributed by atoms with Gasteiger partial charge in [-0.1, -0.05) is 30.4 Å². The number of thiocarbonyl (C=S) groups is 1. The van der Waals surface area contributed by atoms with Crippen LogP contribution in [0.4, 0.5) is 0 Å². The van der Waals surface area contributed by atoms with Crippen molar-refractivity contribution in [1.82, 2.24) is 19.3 Å². The Morgan fingerprint density at radius 1 is 1.35 bits per heavy atom. The Kier molecular flexibility index (Phi) is 3.23. The molecule has 3 rings (SSSR count). The number of aromatic nitrogens is 4. The average Bonchev–Trinajstić information content (AvgIpc) is 3.04. The molecule has 102 valence electrons. The summed E-state index contributed by atoms with van der Waals surface area (Å²) in [6.07, 6.45) is 3.57. The smallest absolute Gasteiger partial charge is 0.167 e. The molecule has 2 heterocycles. The van der Waals surface area contributed by atoms with Crippen molar-refractivity contribution >= 4 is 28.1 Å². The topological polar surface area (TPSA) is 61.7 Å². The van der Waals surface area contributed by atoms with Gasteiger partial charge in [0.2, 0.25) is 0 Å². The zero-order valence-corrected chi connectivity index (χ0v) is 12.0. The Balaban J connectivity index is 2.07. The maximum atomic E-state index is 5.68. The molecule has 0 spiro atoms. The zero-order valence-electron chi connectivity index (χ0n) is 11.2. The Morgan fingerprint density at radius 2 is 2.15 bits per heavy atom. The van der Waals surface area contributed by atoms with Crippen molar-refractivity contribution in [3.63, 3.8) is 0 Å². The van der Waals surface area contributed by atoms with E-state index in [0.717, 1.165) is 23.1 Å². The van der Waals surface area contributed by atoms with Gasteiger partial charge in [-0.25, -0.2) is 4.98 Å². The highest BCUT2D eigenvalue weighted by molar-refractivity contribution is 7.80. The van der Waals surface area contributed by atoms with Crippen molar-refractivity contribution in [2.45, 2.75) is 20.0 Å². The summed E-state index contributed by atoms with van der Waals surface area (Å²) in [6, 6.07) is 8.21. The fraction of sp³-hybridized carbons (Fsp3) is 0.214. The van der Waals surface area contributed by atoms with Crippen LogP contribution in [0.5, 0.6) is 0 Å². The molecular weight excluding hydrogens is 270 g/mol. The molecule has 0 fully saturated rings. The van der Waals surface area contributed by atoms with E-state index >= 15 is 0 Å². The van der Waals surface area contributed by atoms with Crippen molar-refractivity contribution in [2.24, 2.45) is 5.73 Å². The van der Waals surface area contributed by atoms with Crippen LogP contribution in [-0.2, 0) is 13.1 Å². The first-order valence-corrected chi connectivity index (χ1v) is 6.87. The molecule has 0 aliphatic rings. The third-order valence-corrected chi connectivity index (χ3v) is 3.47. The van der Waals surface area contributed by atoms with E-state index in [1.54, 1.807) is 6.20 Å². The Morgan fingerprint density at radius 3 is 2.90 bits per heavy atom. The number of benzene rings is 1. The number of aryl methyl sites for hydroxylation is 1. The lowest BCUT2D eigenvalue weighted by Gasteiger charge is -2.04. The lowest BCUT2D eigenvalue weighted by molar-refractivity contribution is 0.652. The van der Waals surface area contributed by atoms with E-state index in [1.807, 2.05) is 27.6 Å². The minimum Gasteiger partial charge on any atom is -0.387 e. The third kappa shape index (κ3) is 2.08. The highest BCUT2D eigenvalue weighted by Gasteiger charge is 2.12. The first-order chi connectivity index (χ1) is 9.70.